The Labute approximate surface area is 125 Å². The molecule has 1 aromatic rings. The fraction of sp³-hybridized carbons (Fsp3) is 0.533. The average Bonchev–Trinajstić information content (AvgIpc) is 2.49. The zero-order valence-corrected chi connectivity index (χ0v) is 12.8. The van der Waals surface area contributed by atoms with Crippen molar-refractivity contribution in [1.29, 1.82) is 0 Å². The van der Waals surface area contributed by atoms with Crippen molar-refractivity contribution in [2.24, 2.45) is 0 Å². The quantitative estimate of drug-likeness (QED) is 0.834. The van der Waals surface area contributed by atoms with Gasteiger partial charge in [0.15, 0.2) is 0 Å². The summed E-state index contributed by atoms with van der Waals surface area (Å²) >= 11 is 0. The maximum atomic E-state index is 12.2. The molecule has 0 radical (unpaired) electrons. The van der Waals surface area contributed by atoms with Crippen LogP contribution in [0.1, 0.15) is 5.56 Å². The molecular weight excluding hydrogens is 270 g/mol. The Hall–Kier alpha value is -1.79. The van der Waals surface area contributed by atoms with Gasteiger partial charge in [0.1, 0.15) is 17.5 Å². The van der Waals surface area contributed by atoms with E-state index >= 15 is 0 Å². The van der Waals surface area contributed by atoms with E-state index < -0.39 is 0 Å². The zero-order valence-electron chi connectivity index (χ0n) is 12.8. The van der Waals surface area contributed by atoms with Crippen LogP contribution in [-0.2, 0) is 11.3 Å². The van der Waals surface area contributed by atoms with Crippen molar-refractivity contribution in [3.05, 3.63) is 23.8 Å². The van der Waals surface area contributed by atoms with Gasteiger partial charge in [-0.1, -0.05) is 6.07 Å². The Bertz CT molecular complexity index is 505. The van der Waals surface area contributed by atoms with Crippen LogP contribution in [0, 0.1) is 0 Å². The topological polar surface area (TPSA) is 65.0 Å². The van der Waals surface area contributed by atoms with Crippen molar-refractivity contribution in [3.63, 3.8) is 0 Å². The van der Waals surface area contributed by atoms with E-state index in [0.29, 0.717) is 18.8 Å². The predicted molar refractivity (Wildman–Crippen MR) is 80.4 cm³/mol. The molecule has 116 valence electrons. The Balaban J connectivity index is 2.14. The van der Waals surface area contributed by atoms with E-state index in [2.05, 4.69) is 10.2 Å². The Kier molecular flexibility index (Phi) is 5.03. The molecule has 1 amide bonds. The smallest absolute Gasteiger partial charge is 0.240 e. The fourth-order valence-corrected chi connectivity index (χ4v) is 2.50. The summed E-state index contributed by atoms with van der Waals surface area (Å²) in [6.07, 6.45) is 0. The Morgan fingerprint density at radius 2 is 2.29 bits per heavy atom. The van der Waals surface area contributed by atoms with E-state index in [0.717, 1.165) is 18.7 Å². The summed E-state index contributed by atoms with van der Waals surface area (Å²) in [7, 11) is 5.09. The maximum Gasteiger partial charge on any atom is 0.240 e. The van der Waals surface area contributed by atoms with E-state index in [-0.39, 0.29) is 17.7 Å². The van der Waals surface area contributed by atoms with Gasteiger partial charge in [0, 0.05) is 51.9 Å². The SMILES string of the molecule is COc1ccc(CN2CCNCC2C(=O)N(C)C)c(O)c1. The van der Waals surface area contributed by atoms with Crippen molar-refractivity contribution in [2.45, 2.75) is 12.6 Å². The van der Waals surface area contributed by atoms with Crippen LogP contribution in [0.15, 0.2) is 18.2 Å². The summed E-state index contributed by atoms with van der Waals surface area (Å²) in [5, 5.41) is 13.3. The molecule has 1 aliphatic heterocycles. The number of phenols is 1. The van der Waals surface area contributed by atoms with Crippen LogP contribution in [0.5, 0.6) is 11.5 Å². The summed E-state index contributed by atoms with van der Waals surface area (Å²) in [4.78, 5) is 16.0. The molecule has 0 aromatic heterocycles. The molecule has 2 rings (SSSR count). The molecule has 0 bridgehead atoms. The third-order valence-electron chi connectivity index (χ3n) is 3.75. The predicted octanol–water partition coefficient (Wildman–Crippen LogP) is 0.263. The first-order valence-electron chi connectivity index (χ1n) is 7.04. The van der Waals surface area contributed by atoms with E-state index in [1.54, 1.807) is 32.2 Å². The van der Waals surface area contributed by atoms with Crippen molar-refractivity contribution >= 4 is 5.91 Å². The minimum Gasteiger partial charge on any atom is -0.507 e. The van der Waals surface area contributed by atoms with Gasteiger partial charge >= 0.3 is 0 Å². The van der Waals surface area contributed by atoms with Gasteiger partial charge in [0.2, 0.25) is 5.91 Å². The van der Waals surface area contributed by atoms with Gasteiger partial charge < -0.3 is 20.1 Å². The maximum absolute atomic E-state index is 12.2. The van der Waals surface area contributed by atoms with Crippen LogP contribution >= 0.6 is 0 Å². The molecule has 21 heavy (non-hydrogen) atoms. The van der Waals surface area contributed by atoms with Gasteiger partial charge in [0.05, 0.1) is 7.11 Å². The molecule has 2 N–H and O–H groups in total. The van der Waals surface area contributed by atoms with Crippen molar-refractivity contribution < 1.29 is 14.6 Å². The number of carbonyl (C=O) groups is 1. The highest BCUT2D eigenvalue weighted by molar-refractivity contribution is 5.81. The minimum atomic E-state index is -0.199. The molecule has 0 spiro atoms. The van der Waals surface area contributed by atoms with Gasteiger partial charge in [-0.25, -0.2) is 0 Å². The monoisotopic (exact) mass is 293 g/mol. The number of ether oxygens (including phenoxy) is 1. The third-order valence-corrected chi connectivity index (χ3v) is 3.75. The molecule has 0 aliphatic carbocycles. The van der Waals surface area contributed by atoms with Crippen LogP contribution < -0.4 is 10.1 Å². The number of carbonyl (C=O) groups excluding carboxylic acids is 1. The highest BCUT2D eigenvalue weighted by atomic mass is 16.5. The number of aromatic hydroxyl groups is 1. The second-order valence-corrected chi connectivity index (χ2v) is 5.42. The first-order chi connectivity index (χ1) is 10.0. The second-order valence-electron chi connectivity index (χ2n) is 5.42. The van der Waals surface area contributed by atoms with Crippen molar-refractivity contribution in [2.75, 3.05) is 40.8 Å². The van der Waals surface area contributed by atoms with Crippen molar-refractivity contribution in [3.8, 4) is 11.5 Å². The molecule has 6 nitrogen and oxygen atoms in total. The molecule has 1 atom stereocenters. The number of nitrogens with zero attached hydrogens (tertiary/aromatic N) is 2. The number of hydrogen-bond donors (Lipinski definition) is 2. The van der Waals surface area contributed by atoms with Crippen LogP contribution in [0.25, 0.3) is 0 Å². The largest absolute Gasteiger partial charge is 0.507 e. The number of likely N-dealkylation sites (N-methyl/N-ethyl adjacent to an activating group) is 1. The van der Waals surface area contributed by atoms with Crippen LogP contribution in [0.2, 0.25) is 0 Å². The number of methoxy groups -OCH3 is 1. The second kappa shape index (κ2) is 6.78. The Morgan fingerprint density at radius 3 is 2.90 bits per heavy atom. The summed E-state index contributed by atoms with van der Waals surface area (Å²) in [6.45, 7) is 2.79. The number of rotatable bonds is 4. The van der Waals surface area contributed by atoms with Gasteiger partial charge in [0.25, 0.3) is 0 Å². The van der Waals surface area contributed by atoms with E-state index in [9.17, 15) is 9.90 Å². The molecule has 6 heteroatoms. The van der Waals surface area contributed by atoms with E-state index in [1.165, 1.54) is 0 Å². The molecule has 1 aromatic carbocycles. The molecule has 0 saturated carbocycles. The molecule has 1 unspecified atom stereocenters. The molecule has 1 aliphatic rings. The molecular formula is C15H23N3O3. The highest BCUT2D eigenvalue weighted by Gasteiger charge is 2.30. The first-order valence-corrected chi connectivity index (χ1v) is 7.04. The van der Waals surface area contributed by atoms with Gasteiger partial charge in [-0.05, 0) is 6.07 Å². The van der Waals surface area contributed by atoms with Gasteiger partial charge in [-0.3, -0.25) is 9.69 Å². The lowest BCUT2D eigenvalue weighted by Gasteiger charge is -2.36. The van der Waals surface area contributed by atoms with E-state index in [1.807, 2.05) is 12.1 Å². The number of hydrogen-bond acceptors (Lipinski definition) is 5. The zero-order chi connectivity index (χ0) is 15.4. The molecule has 1 heterocycles. The van der Waals surface area contributed by atoms with Crippen molar-refractivity contribution in [1.82, 2.24) is 15.1 Å². The lowest BCUT2D eigenvalue weighted by atomic mass is 10.1. The van der Waals surface area contributed by atoms with Crippen LogP contribution in [-0.4, -0.2) is 67.7 Å². The fourth-order valence-electron chi connectivity index (χ4n) is 2.50. The number of benzene rings is 1. The third kappa shape index (κ3) is 3.65. The number of amides is 1. The van der Waals surface area contributed by atoms with Gasteiger partial charge in [-0.15, -0.1) is 0 Å². The first kappa shape index (κ1) is 15.6. The van der Waals surface area contributed by atoms with Crippen LogP contribution in [0.3, 0.4) is 0 Å². The lowest BCUT2D eigenvalue weighted by Crippen LogP contribution is -2.57. The molecule has 1 fully saturated rings. The van der Waals surface area contributed by atoms with Crippen LogP contribution in [0.4, 0.5) is 0 Å². The summed E-state index contributed by atoms with van der Waals surface area (Å²) < 4.78 is 5.09. The van der Waals surface area contributed by atoms with E-state index in [4.69, 9.17) is 4.74 Å². The number of piperazine rings is 1. The van der Waals surface area contributed by atoms with Gasteiger partial charge in [-0.2, -0.15) is 0 Å². The molecule has 1 saturated heterocycles. The normalized spacial score (nSPS) is 19.3. The standard InChI is InChI=1S/C15H23N3O3/c1-17(2)15(20)13-9-16-6-7-18(13)10-11-4-5-12(21-3)8-14(11)19/h4-5,8,13,16,19H,6-7,9-10H2,1-3H3. The number of phenolic OH excluding ortho intramolecular Hbond substituents is 1. The minimum absolute atomic E-state index is 0.0789. The summed E-state index contributed by atoms with van der Waals surface area (Å²) in [6, 6.07) is 5.06. The summed E-state index contributed by atoms with van der Waals surface area (Å²) in [5.41, 5.74) is 0.800. The summed E-state index contributed by atoms with van der Waals surface area (Å²) in [5.74, 6) is 0.900. The lowest BCUT2D eigenvalue weighted by molar-refractivity contribution is -0.135. The average molecular weight is 293 g/mol. The Morgan fingerprint density at radius 1 is 1.52 bits per heavy atom. The highest BCUT2D eigenvalue weighted by Crippen LogP contribution is 2.25. The number of nitrogens with one attached hydrogen (secondary N) is 1.